The molecule has 1 amide bonds. The number of aromatic nitrogens is 1. The van der Waals surface area contributed by atoms with Crippen LogP contribution in [-0.2, 0) is 11.2 Å². The summed E-state index contributed by atoms with van der Waals surface area (Å²) in [6.45, 7) is 3.98. The molecule has 1 fully saturated rings. The van der Waals surface area contributed by atoms with Gasteiger partial charge in [-0.25, -0.2) is 9.78 Å². The third-order valence-corrected chi connectivity index (χ3v) is 4.25. The number of pyridine rings is 1. The van der Waals surface area contributed by atoms with Gasteiger partial charge in [-0.15, -0.1) is 0 Å². The van der Waals surface area contributed by atoms with Crippen LogP contribution in [0.15, 0.2) is 12.1 Å². The fourth-order valence-electron chi connectivity index (χ4n) is 2.68. The molecule has 0 aliphatic carbocycles. The summed E-state index contributed by atoms with van der Waals surface area (Å²) in [5.41, 5.74) is -0.0293. The number of carbonyl (C=O) groups is 2. The zero-order valence-corrected chi connectivity index (χ0v) is 13.0. The van der Waals surface area contributed by atoms with Crippen LogP contribution in [0.2, 0.25) is 5.15 Å². The van der Waals surface area contributed by atoms with Crippen LogP contribution in [0, 0.1) is 0 Å². The second-order valence-corrected chi connectivity index (χ2v) is 5.90. The van der Waals surface area contributed by atoms with E-state index in [4.69, 9.17) is 11.6 Å². The van der Waals surface area contributed by atoms with Gasteiger partial charge in [0.2, 0.25) is 0 Å². The number of aliphatic carboxylic acids is 1. The Balaban J connectivity index is 2.37. The summed E-state index contributed by atoms with van der Waals surface area (Å²) in [7, 11) is 0. The zero-order valence-electron chi connectivity index (χ0n) is 12.2. The third-order valence-electron chi connectivity index (χ3n) is 4.05. The fourth-order valence-corrected chi connectivity index (χ4v) is 2.91. The second-order valence-electron chi connectivity index (χ2n) is 5.52. The molecule has 5 nitrogen and oxygen atoms in total. The maximum Gasteiger partial charge on any atom is 0.329 e. The number of piperidine rings is 1. The highest BCUT2D eigenvalue weighted by Crippen LogP contribution is 2.30. The Morgan fingerprint density at radius 1 is 1.43 bits per heavy atom. The average Bonchev–Trinajstić information content (AvgIpc) is 2.46. The molecule has 1 unspecified atom stereocenters. The van der Waals surface area contributed by atoms with Gasteiger partial charge in [-0.1, -0.05) is 18.5 Å². The number of nitrogens with zero attached hydrogens (tertiary/aromatic N) is 2. The third kappa shape index (κ3) is 3.02. The molecule has 2 heterocycles. The van der Waals surface area contributed by atoms with Crippen LogP contribution >= 0.6 is 11.6 Å². The van der Waals surface area contributed by atoms with Crippen molar-refractivity contribution in [3.63, 3.8) is 0 Å². The van der Waals surface area contributed by atoms with Crippen molar-refractivity contribution in [1.82, 2.24) is 9.88 Å². The summed E-state index contributed by atoms with van der Waals surface area (Å²) in [5.74, 6) is -1.26. The lowest BCUT2D eigenvalue weighted by Gasteiger charge is -2.41. The van der Waals surface area contributed by atoms with Gasteiger partial charge in [0.15, 0.2) is 0 Å². The number of hydrogen-bond donors (Lipinski definition) is 1. The number of hydrogen-bond acceptors (Lipinski definition) is 3. The van der Waals surface area contributed by atoms with E-state index in [1.165, 1.54) is 11.0 Å². The van der Waals surface area contributed by atoms with E-state index < -0.39 is 11.5 Å². The number of carbonyl (C=O) groups excluding carboxylic acids is 1. The maximum atomic E-state index is 12.7. The molecule has 1 atom stereocenters. The molecule has 2 rings (SSSR count). The normalized spacial score (nSPS) is 22.1. The van der Waals surface area contributed by atoms with Crippen molar-refractivity contribution in [1.29, 1.82) is 0 Å². The molecule has 21 heavy (non-hydrogen) atoms. The van der Waals surface area contributed by atoms with Gasteiger partial charge in [-0.3, -0.25) is 4.79 Å². The van der Waals surface area contributed by atoms with Crippen LogP contribution in [0.25, 0.3) is 0 Å². The van der Waals surface area contributed by atoms with Crippen LogP contribution in [-0.4, -0.2) is 39.0 Å². The second kappa shape index (κ2) is 6.02. The first-order chi connectivity index (χ1) is 9.88. The van der Waals surface area contributed by atoms with Crippen molar-refractivity contribution >= 4 is 23.5 Å². The smallest absolute Gasteiger partial charge is 0.329 e. The molecule has 1 N–H and O–H groups in total. The summed E-state index contributed by atoms with van der Waals surface area (Å²) in [4.78, 5) is 29.9. The van der Waals surface area contributed by atoms with Crippen molar-refractivity contribution in [3.05, 3.63) is 28.5 Å². The van der Waals surface area contributed by atoms with E-state index in [0.717, 1.165) is 18.5 Å². The Hall–Kier alpha value is -1.62. The Morgan fingerprint density at radius 2 is 2.14 bits per heavy atom. The van der Waals surface area contributed by atoms with Gasteiger partial charge in [-0.05, 0) is 44.7 Å². The highest BCUT2D eigenvalue weighted by atomic mass is 35.5. The lowest BCUT2D eigenvalue weighted by atomic mass is 9.88. The Kier molecular flexibility index (Phi) is 4.52. The number of amides is 1. The predicted molar refractivity (Wildman–Crippen MR) is 79.6 cm³/mol. The predicted octanol–water partition coefficient (Wildman–Crippen LogP) is 2.77. The van der Waals surface area contributed by atoms with Gasteiger partial charge in [0.25, 0.3) is 5.91 Å². The summed E-state index contributed by atoms with van der Waals surface area (Å²) < 4.78 is 0. The van der Waals surface area contributed by atoms with Gasteiger partial charge in [-0.2, -0.15) is 0 Å². The maximum absolute atomic E-state index is 12.7. The zero-order chi connectivity index (χ0) is 15.6. The summed E-state index contributed by atoms with van der Waals surface area (Å²) in [6, 6.07) is 3.19. The molecule has 1 saturated heterocycles. The standard InChI is InChI=1S/C15H19ClN2O3/c1-3-11-8-10(9-12(16)17-11)13(19)18-7-5-4-6-15(18,2)14(20)21/h8-9H,3-7H2,1-2H3,(H,20,21). The molecule has 0 spiro atoms. The van der Waals surface area contributed by atoms with Crippen molar-refractivity contribution in [2.45, 2.75) is 45.1 Å². The highest BCUT2D eigenvalue weighted by Gasteiger charge is 2.44. The summed E-state index contributed by atoms with van der Waals surface area (Å²) >= 11 is 5.95. The van der Waals surface area contributed by atoms with Crippen LogP contribution < -0.4 is 0 Å². The first-order valence-corrected chi connectivity index (χ1v) is 7.48. The van der Waals surface area contributed by atoms with E-state index in [9.17, 15) is 14.7 Å². The van der Waals surface area contributed by atoms with E-state index in [-0.39, 0.29) is 11.1 Å². The fraction of sp³-hybridized carbons (Fsp3) is 0.533. The van der Waals surface area contributed by atoms with E-state index in [2.05, 4.69) is 4.98 Å². The average molecular weight is 311 g/mol. The molecule has 0 saturated carbocycles. The molecule has 1 aliphatic heterocycles. The van der Waals surface area contributed by atoms with Crippen molar-refractivity contribution in [2.75, 3.05) is 6.54 Å². The van der Waals surface area contributed by atoms with E-state index in [1.54, 1.807) is 13.0 Å². The number of aryl methyl sites for hydroxylation is 1. The summed E-state index contributed by atoms with van der Waals surface area (Å²) in [5, 5.41) is 9.74. The minimum atomic E-state index is -1.16. The van der Waals surface area contributed by atoms with Crippen molar-refractivity contribution < 1.29 is 14.7 Å². The van der Waals surface area contributed by atoms with Crippen LogP contribution in [0.1, 0.15) is 49.2 Å². The minimum absolute atomic E-state index is 0.256. The summed E-state index contributed by atoms with van der Waals surface area (Å²) in [6.07, 6.45) is 2.75. The Labute approximate surface area is 128 Å². The molecule has 6 heteroatoms. The highest BCUT2D eigenvalue weighted by molar-refractivity contribution is 6.29. The van der Waals surface area contributed by atoms with Gasteiger partial charge in [0, 0.05) is 17.8 Å². The molecular formula is C15H19ClN2O3. The van der Waals surface area contributed by atoms with E-state index >= 15 is 0 Å². The molecular weight excluding hydrogens is 292 g/mol. The van der Waals surface area contributed by atoms with E-state index in [0.29, 0.717) is 24.9 Å². The van der Waals surface area contributed by atoms with Crippen molar-refractivity contribution in [2.24, 2.45) is 0 Å². The Bertz CT molecular complexity index is 576. The molecule has 1 aromatic rings. The lowest BCUT2D eigenvalue weighted by Crippen LogP contribution is -2.57. The molecule has 0 aromatic carbocycles. The molecule has 1 aromatic heterocycles. The van der Waals surface area contributed by atoms with Crippen LogP contribution in [0.3, 0.4) is 0 Å². The van der Waals surface area contributed by atoms with Crippen LogP contribution in [0.4, 0.5) is 0 Å². The molecule has 0 bridgehead atoms. The van der Waals surface area contributed by atoms with Crippen LogP contribution in [0.5, 0.6) is 0 Å². The largest absolute Gasteiger partial charge is 0.480 e. The first kappa shape index (κ1) is 15.8. The van der Waals surface area contributed by atoms with E-state index in [1.807, 2.05) is 6.92 Å². The van der Waals surface area contributed by atoms with Gasteiger partial charge in [0.1, 0.15) is 10.7 Å². The molecule has 114 valence electrons. The quantitative estimate of drug-likeness (QED) is 0.871. The topological polar surface area (TPSA) is 70.5 Å². The molecule has 1 aliphatic rings. The van der Waals surface area contributed by atoms with Gasteiger partial charge < -0.3 is 10.0 Å². The minimum Gasteiger partial charge on any atom is -0.480 e. The van der Waals surface area contributed by atoms with Gasteiger partial charge in [0.05, 0.1) is 0 Å². The molecule has 0 radical (unpaired) electrons. The lowest BCUT2D eigenvalue weighted by molar-refractivity contribution is -0.150. The number of likely N-dealkylation sites (tertiary alicyclic amines) is 1. The number of carboxylic acids is 1. The first-order valence-electron chi connectivity index (χ1n) is 7.10. The number of halogens is 1. The monoisotopic (exact) mass is 310 g/mol. The number of rotatable bonds is 3. The Morgan fingerprint density at radius 3 is 2.76 bits per heavy atom. The van der Waals surface area contributed by atoms with Crippen molar-refractivity contribution in [3.8, 4) is 0 Å². The van der Waals surface area contributed by atoms with Gasteiger partial charge >= 0.3 is 5.97 Å². The SMILES string of the molecule is CCc1cc(C(=O)N2CCCCC2(C)C(=O)O)cc(Cl)n1. The number of carboxylic acid groups (broad SMARTS) is 1.